The number of carboxylic acids is 1. The average Bonchev–Trinajstić information content (AvgIpc) is 2.17. The maximum atomic E-state index is 10.3. The van der Waals surface area contributed by atoms with Gasteiger partial charge in [0.2, 0.25) is 0 Å². The van der Waals surface area contributed by atoms with E-state index in [0.717, 1.165) is 0 Å². The van der Waals surface area contributed by atoms with Crippen molar-refractivity contribution in [1.82, 2.24) is 0 Å². The van der Waals surface area contributed by atoms with Crippen LogP contribution in [0.2, 0.25) is 14.8 Å². The number of carboxylic acid groups (broad SMARTS) is 1. The zero-order chi connectivity index (χ0) is 11.8. The molecule has 0 aliphatic carbocycles. The second-order valence-corrected chi connectivity index (χ2v) is 12.7. The Balaban J connectivity index is 0.000000423. The van der Waals surface area contributed by atoms with Crippen molar-refractivity contribution < 1.29 is 9.90 Å². The molecule has 1 rings (SSSR count). The minimum atomic E-state index is -1.17. The summed E-state index contributed by atoms with van der Waals surface area (Å²) >= 11 is 3.31. The van der Waals surface area contributed by atoms with Crippen LogP contribution in [-0.4, -0.2) is 25.7 Å². The molecule has 0 saturated heterocycles. The Hall–Kier alpha value is -0.161. The summed E-state index contributed by atoms with van der Waals surface area (Å²) in [5.41, 5.74) is 0.649. The van der Waals surface area contributed by atoms with Crippen molar-refractivity contribution in [3.05, 3.63) is 35.9 Å². The minimum absolute atomic E-state index is 0.543. The van der Waals surface area contributed by atoms with Crippen molar-refractivity contribution >= 4 is 38.4 Å². The summed E-state index contributed by atoms with van der Waals surface area (Å²) < 4.78 is 0. The van der Waals surface area contributed by atoms with Crippen LogP contribution >= 0.6 is 12.6 Å². The Morgan fingerprint density at radius 2 is 1.67 bits per heavy atom. The molecule has 1 atom stereocenters. The van der Waals surface area contributed by atoms with Crippen LogP contribution in [0.4, 0.5) is 0 Å². The maximum absolute atomic E-state index is 10.3. The summed E-state index contributed by atoms with van der Waals surface area (Å²) in [6.07, 6.45) is 0. The summed E-state index contributed by atoms with van der Waals surface area (Å²) in [6, 6.07) is 8.75. The predicted molar refractivity (Wildman–Crippen MR) is 66.5 cm³/mol. The van der Waals surface area contributed by atoms with Crippen LogP contribution in [0, 0.1) is 0 Å². The first-order valence-electron chi connectivity index (χ1n) is 4.65. The zero-order valence-corrected chi connectivity index (χ0v) is 13.0. The van der Waals surface area contributed by atoms with E-state index in [1.165, 1.54) is 0 Å². The van der Waals surface area contributed by atoms with Gasteiger partial charge in [0.25, 0.3) is 0 Å². The van der Waals surface area contributed by atoms with Gasteiger partial charge in [0, 0.05) is 0 Å². The molecule has 0 spiro atoms. The molecule has 0 fully saturated rings. The number of benzene rings is 1. The van der Waals surface area contributed by atoms with Crippen LogP contribution in [0.5, 0.6) is 0 Å². The zero-order valence-electron chi connectivity index (χ0n) is 9.23. The van der Waals surface area contributed by atoms with Crippen LogP contribution in [0.1, 0.15) is 10.8 Å². The van der Waals surface area contributed by atoms with Gasteiger partial charge >= 0.3 is 34.6 Å². The summed E-state index contributed by atoms with van der Waals surface area (Å²) in [6.45, 7) is 0. The average molecular weight is 331 g/mol. The number of carbonyl (C=O) groups excluding carboxylic acids is 1. The van der Waals surface area contributed by atoms with E-state index in [-0.39, 0.29) is 0 Å². The number of hydrogen-bond acceptors (Lipinski definition) is 3. The molecular formula is C11H16O2SSn. The van der Waals surface area contributed by atoms with Gasteiger partial charge in [0.15, 0.2) is 0 Å². The number of aliphatic carboxylic acids is 1. The van der Waals surface area contributed by atoms with Crippen LogP contribution < -0.4 is 5.11 Å². The molecule has 15 heavy (non-hydrogen) atoms. The third-order valence-electron chi connectivity index (χ3n) is 1.34. The van der Waals surface area contributed by atoms with E-state index < -0.39 is 31.0 Å². The number of carbonyl (C=O) groups is 1. The van der Waals surface area contributed by atoms with Gasteiger partial charge in [-0.15, -0.1) is 0 Å². The van der Waals surface area contributed by atoms with Gasteiger partial charge in [0.1, 0.15) is 0 Å². The van der Waals surface area contributed by atoms with Crippen LogP contribution in [0.15, 0.2) is 30.3 Å². The monoisotopic (exact) mass is 332 g/mol. The Kier molecular flexibility index (Phi) is 7.96. The van der Waals surface area contributed by atoms with Crippen molar-refractivity contribution in [2.45, 2.75) is 20.1 Å². The van der Waals surface area contributed by atoms with E-state index >= 15 is 0 Å². The Morgan fingerprint density at radius 1 is 1.27 bits per heavy atom. The SMILES string of the molecule is O=C([O-])C(S)c1ccccc1.[CH3][Sn+]([CH3])[CH3]. The fourth-order valence-electron chi connectivity index (χ4n) is 0.771. The van der Waals surface area contributed by atoms with Crippen molar-refractivity contribution in [3.63, 3.8) is 0 Å². The van der Waals surface area contributed by atoms with Crippen LogP contribution in [0.25, 0.3) is 0 Å². The molecule has 82 valence electrons. The van der Waals surface area contributed by atoms with Gasteiger partial charge in [-0.2, -0.15) is 12.6 Å². The van der Waals surface area contributed by atoms with Crippen molar-refractivity contribution in [1.29, 1.82) is 0 Å². The molecule has 0 radical (unpaired) electrons. The first-order chi connectivity index (χ1) is 6.95. The molecular weight excluding hydrogens is 315 g/mol. The summed E-state index contributed by atoms with van der Waals surface area (Å²) in [5, 5.41) is 9.49. The molecule has 1 aromatic carbocycles. The van der Waals surface area contributed by atoms with E-state index in [1.54, 1.807) is 24.3 Å². The van der Waals surface area contributed by atoms with Gasteiger partial charge in [-0.1, -0.05) is 30.3 Å². The molecule has 0 amide bonds. The van der Waals surface area contributed by atoms with E-state index in [0.29, 0.717) is 5.56 Å². The number of thiol groups is 1. The molecule has 2 nitrogen and oxygen atoms in total. The van der Waals surface area contributed by atoms with Gasteiger partial charge in [-0.3, -0.25) is 0 Å². The molecule has 1 aromatic rings. The van der Waals surface area contributed by atoms with Crippen molar-refractivity contribution in [2.75, 3.05) is 0 Å². The van der Waals surface area contributed by atoms with Gasteiger partial charge in [-0.05, 0) is 5.56 Å². The van der Waals surface area contributed by atoms with Crippen LogP contribution in [0.3, 0.4) is 0 Å². The predicted octanol–water partition coefficient (Wildman–Crippen LogP) is 1.78. The number of rotatable bonds is 2. The molecule has 0 saturated carbocycles. The fourth-order valence-corrected chi connectivity index (χ4v) is 0.944. The molecule has 0 N–H and O–H groups in total. The molecule has 0 heterocycles. The summed E-state index contributed by atoms with van der Waals surface area (Å²) in [7, 11) is 0. The van der Waals surface area contributed by atoms with Crippen molar-refractivity contribution in [3.8, 4) is 0 Å². The normalized spacial score (nSPS) is 10.9. The Labute approximate surface area is 104 Å². The number of hydrogen-bond donors (Lipinski definition) is 1. The Morgan fingerprint density at radius 3 is 2.00 bits per heavy atom. The van der Waals surface area contributed by atoms with Gasteiger partial charge in [0.05, 0.1) is 11.2 Å². The van der Waals surface area contributed by atoms with E-state index in [2.05, 4.69) is 27.4 Å². The standard InChI is InChI=1S/C8H8O2S.3CH3.Sn/c9-8(10)7(11)6-4-2-1-3-5-6;;;;/h1-5,7,11H,(H,9,10);3*1H3;/q;;;;+1/p-1. The molecule has 0 bridgehead atoms. The van der Waals surface area contributed by atoms with Crippen LogP contribution in [-0.2, 0) is 4.79 Å². The van der Waals surface area contributed by atoms with E-state index in [9.17, 15) is 9.90 Å². The van der Waals surface area contributed by atoms with Gasteiger partial charge < -0.3 is 9.90 Å². The molecule has 1 unspecified atom stereocenters. The topological polar surface area (TPSA) is 40.1 Å². The summed E-state index contributed by atoms with van der Waals surface area (Å²) in [5.74, 6) is -1.17. The first kappa shape index (κ1) is 14.8. The fraction of sp³-hybridized carbons (Fsp3) is 0.364. The quantitative estimate of drug-likeness (QED) is 0.663. The van der Waals surface area contributed by atoms with Crippen molar-refractivity contribution in [2.24, 2.45) is 0 Å². The second-order valence-electron chi connectivity index (χ2n) is 3.63. The van der Waals surface area contributed by atoms with E-state index in [1.807, 2.05) is 6.07 Å². The third kappa shape index (κ3) is 7.73. The molecule has 0 aliphatic rings. The first-order valence-corrected chi connectivity index (χ1v) is 13.7. The van der Waals surface area contributed by atoms with Gasteiger partial charge in [-0.25, -0.2) is 0 Å². The molecule has 0 aliphatic heterocycles. The molecule has 0 aromatic heterocycles. The Bertz CT molecular complexity index is 285. The van der Waals surface area contributed by atoms with E-state index in [4.69, 9.17) is 0 Å². The second kappa shape index (κ2) is 8.04. The third-order valence-corrected chi connectivity index (χ3v) is 1.85. The summed E-state index contributed by atoms with van der Waals surface area (Å²) in [4.78, 5) is 17.4. The molecule has 4 heteroatoms.